The fraction of sp³-hybridized carbons (Fsp3) is 0.333. The van der Waals surface area contributed by atoms with Gasteiger partial charge in [-0.2, -0.15) is 4.31 Å². The normalized spacial score (nSPS) is 15.7. The number of carbonyl (C=O) groups excluding carboxylic acids is 1. The molecule has 0 unspecified atom stereocenters. The molecule has 26 heavy (non-hydrogen) atoms. The molecule has 0 radical (unpaired) electrons. The average molecular weight is 374 g/mol. The van der Waals surface area contributed by atoms with Gasteiger partial charge in [0, 0.05) is 52.0 Å². The molecule has 1 aromatic heterocycles. The van der Waals surface area contributed by atoms with Crippen LogP contribution in [0.2, 0.25) is 0 Å². The van der Waals surface area contributed by atoms with Crippen LogP contribution < -0.4 is 4.90 Å². The van der Waals surface area contributed by atoms with Gasteiger partial charge < -0.3 is 9.80 Å². The number of aromatic nitrogens is 1. The minimum atomic E-state index is -3.63. The van der Waals surface area contributed by atoms with E-state index in [4.69, 9.17) is 0 Å². The number of carbonyl (C=O) groups is 1. The molecule has 2 heterocycles. The predicted octanol–water partition coefficient (Wildman–Crippen LogP) is 1.29. The summed E-state index contributed by atoms with van der Waals surface area (Å²) in [4.78, 5) is 20.1. The van der Waals surface area contributed by atoms with Gasteiger partial charge in [0.25, 0.3) is 5.91 Å². The third-order valence-corrected chi connectivity index (χ3v) is 6.23. The maximum atomic E-state index is 12.9. The molecule has 1 aromatic carbocycles. The van der Waals surface area contributed by atoms with E-state index in [2.05, 4.69) is 9.88 Å². The number of anilines is 1. The van der Waals surface area contributed by atoms with Crippen LogP contribution in [0.4, 0.5) is 5.82 Å². The number of nitrogens with zero attached hydrogens (tertiary/aromatic N) is 4. The smallest absolute Gasteiger partial charge is 0.253 e. The van der Waals surface area contributed by atoms with Crippen LogP contribution in [-0.4, -0.2) is 68.8 Å². The maximum absolute atomic E-state index is 12.9. The van der Waals surface area contributed by atoms with E-state index >= 15 is 0 Å². The lowest BCUT2D eigenvalue weighted by atomic mass is 10.2. The van der Waals surface area contributed by atoms with Crippen molar-refractivity contribution in [3.05, 3.63) is 54.2 Å². The minimum absolute atomic E-state index is 0.150. The summed E-state index contributed by atoms with van der Waals surface area (Å²) in [5.41, 5.74) is 0.364. The fourth-order valence-corrected chi connectivity index (χ4v) is 4.36. The first-order valence-electron chi connectivity index (χ1n) is 8.37. The Balaban J connectivity index is 1.76. The molecule has 1 saturated heterocycles. The Morgan fingerprint density at radius 1 is 1.04 bits per heavy atom. The highest BCUT2D eigenvalue weighted by Crippen LogP contribution is 2.21. The first-order chi connectivity index (χ1) is 12.4. The molecule has 1 fully saturated rings. The highest BCUT2D eigenvalue weighted by Gasteiger charge is 2.29. The zero-order valence-corrected chi connectivity index (χ0v) is 15.7. The van der Waals surface area contributed by atoms with Crippen molar-refractivity contribution in [2.24, 2.45) is 0 Å². The zero-order valence-electron chi connectivity index (χ0n) is 14.9. The summed E-state index contributed by atoms with van der Waals surface area (Å²) in [5, 5.41) is 0. The first kappa shape index (κ1) is 18.3. The monoisotopic (exact) mass is 374 g/mol. The van der Waals surface area contributed by atoms with E-state index in [0.717, 1.165) is 5.82 Å². The molecule has 8 heteroatoms. The first-order valence-corrected chi connectivity index (χ1v) is 9.81. The third kappa shape index (κ3) is 3.71. The second kappa shape index (κ2) is 7.43. The summed E-state index contributed by atoms with van der Waals surface area (Å²) in [6.07, 6.45) is 1.73. The van der Waals surface area contributed by atoms with Crippen LogP contribution in [0.25, 0.3) is 0 Å². The zero-order chi connectivity index (χ0) is 18.7. The Labute approximate surface area is 153 Å². The molecule has 0 bridgehead atoms. The molecule has 1 aliphatic rings. The molecule has 0 N–H and O–H groups in total. The highest BCUT2D eigenvalue weighted by atomic mass is 32.2. The van der Waals surface area contributed by atoms with E-state index in [1.54, 1.807) is 32.4 Å². The Bertz CT molecular complexity index is 876. The molecule has 0 saturated carbocycles. The van der Waals surface area contributed by atoms with Gasteiger partial charge in [-0.25, -0.2) is 13.4 Å². The van der Waals surface area contributed by atoms with Gasteiger partial charge in [-0.3, -0.25) is 4.79 Å². The number of benzene rings is 1. The van der Waals surface area contributed by atoms with E-state index in [0.29, 0.717) is 31.7 Å². The van der Waals surface area contributed by atoms with Gasteiger partial charge in [0.2, 0.25) is 10.0 Å². The molecule has 1 amide bonds. The summed E-state index contributed by atoms with van der Waals surface area (Å²) in [6.45, 7) is 1.91. The van der Waals surface area contributed by atoms with Crippen molar-refractivity contribution in [3.63, 3.8) is 0 Å². The van der Waals surface area contributed by atoms with Gasteiger partial charge in [-0.05, 0) is 30.3 Å². The second-order valence-electron chi connectivity index (χ2n) is 6.31. The van der Waals surface area contributed by atoms with Crippen molar-refractivity contribution in [3.8, 4) is 0 Å². The summed E-state index contributed by atoms with van der Waals surface area (Å²) >= 11 is 0. The third-order valence-electron chi connectivity index (χ3n) is 4.34. The van der Waals surface area contributed by atoms with Crippen LogP contribution in [0.5, 0.6) is 0 Å². The lowest BCUT2D eigenvalue weighted by molar-refractivity contribution is 0.0827. The van der Waals surface area contributed by atoms with Gasteiger partial charge in [-0.1, -0.05) is 12.1 Å². The van der Waals surface area contributed by atoms with E-state index in [1.165, 1.54) is 21.3 Å². The van der Waals surface area contributed by atoms with Gasteiger partial charge >= 0.3 is 0 Å². The van der Waals surface area contributed by atoms with Crippen LogP contribution in [0.15, 0.2) is 53.6 Å². The summed E-state index contributed by atoms with van der Waals surface area (Å²) in [6, 6.07) is 11.9. The summed E-state index contributed by atoms with van der Waals surface area (Å²) in [7, 11) is -0.355. The van der Waals surface area contributed by atoms with Crippen molar-refractivity contribution in [1.29, 1.82) is 0 Å². The number of amides is 1. The SMILES string of the molecule is CN(C)C(=O)c1cccc(S(=O)(=O)N2CCN(c3ccccn3)CC2)c1. The number of hydrogen-bond donors (Lipinski definition) is 0. The second-order valence-corrected chi connectivity index (χ2v) is 8.24. The minimum Gasteiger partial charge on any atom is -0.354 e. The predicted molar refractivity (Wildman–Crippen MR) is 99.7 cm³/mol. The van der Waals surface area contributed by atoms with E-state index < -0.39 is 10.0 Å². The molecule has 1 aliphatic heterocycles. The van der Waals surface area contributed by atoms with Crippen LogP contribution in [-0.2, 0) is 10.0 Å². The van der Waals surface area contributed by atoms with E-state index in [9.17, 15) is 13.2 Å². The van der Waals surface area contributed by atoms with Gasteiger partial charge in [0.15, 0.2) is 0 Å². The molecule has 7 nitrogen and oxygen atoms in total. The van der Waals surface area contributed by atoms with Crippen LogP contribution in [0.1, 0.15) is 10.4 Å². The number of pyridine rings is 1. The molecule has 0 spiro atoms. The molecule has 138 valence electrons. The van der Waals surface area contributed by atoms with Crippen molar-refractivity contribution in [1.82, 2.24) is 14.2 Å². The highest BCUT2D eigenvalue weighted by molar-refractivity contribution is 7.89. The Morgan fingerprint density at radius 2 is 1.77 bits per heavy atom. The Kier molecular flexibility index (Phi) is 5.24. The standard InChI is InChI=1S/C18H22N4O3S/c1-20(2)18(23)15-6-5-7-16(14-15)26(24,25)22-12-10-21(11-13-22)17-8-3-4-9-19-17/h3-9,14H,10-13H2,1-2H3. The molecule has 0 atom stereocenters. The Hall–Kier alpha value is -2.45. The summed E-state index contributed by atoms with van der Waals surface area (Å²) < 4.78 is 27.3. The van der Waals surface area contributed by atoms with Crippen molar-refractivity contribution < 1.29 is 13.2 Å². The largest absolute Gasteiger partial charge is 0.354 e. The van der Waals surface area contributed by atoms with E-state index in [1.807, 2.05) is 18.2 Å². The number of piperazine rings is 1. The summed E-state index contributed by atoms with van der Waals surface area (Å²) in [5.74, 6) is 0.630. The molecular formula is C18H22N4O3S. The van der Waals surface area contributed by atoms with Gasteiger partial charge in [-0.15, -0.1) is 0 Å². The van der Waals surface area contributed by atoms with Gasteiger partial charge in [0.05, 0.1) is 4.90 Å². The Morgan fingerprint density at radius 3 is 2.38 bits per heavy atom. The lowest BCUT2D eigenvalue weighted by Crippen LogP contribution is -2.48. The maximum Gasteiger partial charge on any atom is 0.253 e. The van der Waals surface area contributed by atoms with Crippen LogP contribution >= 0.6 is 0 Å². The lowest BCUT2D eigenvalue weighted by Gasteiger charge is -2.34. The molecular weight excluding hydrogens is 352 g/mol. The molecule has 0 aliphatic carbocycles. The van der Waals surface area contributed by atoms with Crippen molar-refractivity contribution in [2.75, 3.05) is 45.2 Å². The molecule has 2 aromatic rings. The van der Waals surface area contributed by atoms with Crippen LogP contribution in [0.3, 0.4) is 0 Å². The van der Waals surface area contributed by atoms with Gasteiger partial charge in [0.1, 0.15) is 5.82 Å². The number of sulfonamides is 1. The number of hydrogen-bond acceptors (Lipinski definition) is 5. The molecule has 3 rings (SSSR count). The van der Waals surface area contributed by atoms with E-state index in [-0.39, 0.29) is 10.8 Å². The average Bonchev–Trinajstić information content (AvgIpc) is 2.68. The fourth-order valence-electron chi connectivity index (χ4n) is 2.90. The van der Waals surface area contributed by atoms with Crippen LogP contribution in [0, 0.1) is 0 Å². The topological polar surface area (TPSA) is 73.8 Å². The van der Waals surface area contributed by atoms with Crippen molar-refractivity contribution >= 4 is 21.7 Å². The quantitative estimate of drug-likeness (QED) is 0.806. The van der Waals surface area contributed by atoms with Crippen molar-refractivity contribution in [2.45, 2.75) is 4.90 Å². The number of rotatable bonds is 4.